The van der Waals surface area contributed by atoms with Gasteiger partial charge in [-0.05, 0) is 29.3 Å². The van der Waals surface area contributed by atoms with Crippen LogP contribution in [0.2, 0.25) is 5.02 Å². The zero-order valence-corrected chi connectivity index (χ0v) is 19.9. The first-order valence-electron chi connectivity index (χ1n) is 11.0. The van der Waals surface area contributed by atoms with Gasteiger partial charge < -0.3 is 29.6 Å². The van der Waals surface area contributed by atoms with Gasteiger partial charge >= 0.3 is 0 Å². The van der Waals surface area contributed by atoms with E-state index < -0.39 is 37.1 Å². The van der Waals surface area contributed by atoms with Gasteiger partial charge in [0.15, 0.2) is 10.8 Å². The molecule has 1 aliphatic heterocycles. The summed E-state index contributed by atoms with van der Waals surface area (Å²) in [5.41, 5.74) is 2.26. The summed E-state index contributed by atoms with van der Waals surface area (Å²) in [7, 11) is 0. The summed E-state index contributed by atoms with van der Waals surface area (Å²) in [5, 5.41) is 50.5. The van der Waals surface area contributed by atoms with E-state index in [4.69, 9.17) is 20.8 Å². The number of rotatable bonds is 6. The fourth-order valence-corrected chi connectivity index (χ4v) is 5.09. The van der Waals surface area contributed by atoms with E-state index in [1.807, 2.05) is 42.5 Å². The van der Waals surface area contributed by atoms with Crippen molar-refractivity contribution >= 4 is 22.9 Å². The van der Waals surface area contributed by atoms with Crippen molar-refractivity contribution in [3.63, 3.8) is 0 Å². The van der Waals surface area contributed by atoms with E-state index in [0.29, 0.717) is 32.8 Å². The average Bonchev–Trinajstić information content (AvgIpc) is 3.55. The zero-order chi connectivity index (χ0) is 24.5. The Hall–Kier alpha value is -2.63. The number of aromatic nitrogens is 2. The van der Waals surface area contributed by atoms with Crippen molar-refractivity contribution in [3.8, 4) is 22.1 Å². The Bertz CT molecular complexity index is 1290. The van der Waals surface area contributed by atoms with Crippen LogP contribution in [0.4, 0.5) is 0 Å². The van der Waals surface area contributed by atoms with Crippen molar-refractivity contribution in [2.45, 2.75) is 36.9 Å². The van der Waals surface area contributed by atoms with Crippen LogP contribution in [-0.2, 0) is 11.2 Å². The number of aliphatic hydroxyl groups excluding tert-OH is 4. The lowest BCUT2D eigenvalue weighted by Crippen LogP contribution is -2.55. The van der Waals surface area contributed by atoms with Gasteiger partial charge in [0.2, 0.25) is 0 Å². The molecule has 4 N–H and O–H groups in total. The van der Waals surface area contributed by atoms with Crippen molar-refractivity contribution in [2.24, 2.45) is 0 Å². The molecule has 2 aromatic heterocycles. The van der Waals surface area contributed by atoms with Crippen molar-refractivity contribution in [1.82, 2.24) is 10.2 Å². The smallest absolute Gasteiger partial charge is 0.183 e. The minimum atomic E-state index is -1.45. The number of ether oxygens (including phenoxy) is 1. The highest BCUT2D eigenvalue weighted by atomic mass is 35.5. The Morgan fingerprint density at radius 3 is 2.43 bits per heavy atom. The first-order valence-corrected chi connectivity index (χ1v) is 12.2. The first-order chi connectivity index (χ1) is 16.9. The predicted molar refractivity (Wildman–Crippen MR) is 130 cm³/mol. The Kier molecular flexibility index (Phi) is 6.99. The largest absolute Gasteiger partial charge is 0.454 e. The maximum absolute atomic E-state index is 10.5. The molecule has 0 amide bonds. The minimum Gasteiger partial charge on any atom is -0.454 e. The SMILES string of the molecule is OC[C@H]1O[C@@H](c2ccc(Cl)c(Cc3nnc(-c4ccc(-c5ccccc5)o4)s3)c2)[C@H](O)[C@@H](O)[C@@H]1O. The maximum Gasteiger partial charge on any atom is 0.183 e. The fourth-order valence-electron chi connectivity index (χ4n) is 4.08. The third-order valence-corrected chi connectivity index (χ3v) is 7.28. The molecule has 0 radical (unpaired) electrons. The van der Waals surface area contributed by atoms with E-state index in [0.717, 1.165) is 16.9 Å². The third kappa shape index (κ3) is 4.89. The van der Waals surface area contributed by atoms with Crippen molar-refractivity contribution in [1.29, 1.82) is 0 Å². The van der Waals surface area contributed by atoms with Crippen molar-refractivity contribution in [3.05, 3.63) is 81.8 Å². The fraction of sp³-hybridized carbons (Fsp3) is 0.280. The molecule has 182 valence electrons. The summed E-state index contributed by atoms with van der Waals surface area (Å²) in [6.45, 7) is -0.492. The molecule has 3 heterocycles. The molecule has 1 fully saturated rings. The van der Waals surface area contributed by atoms with Crippen LogP contribution in [-0.4, -0.2) is 61.6 Å². The van der Waals surface area contributed by atoms with Crippen LogP contribution in [0.3, 0.4) is 0 Å². The molecule has 0 saturated carbocycles. The molecule has 1 saturated heterocycles. The van der Waals surface area contributed by atoms with Crippen LogP contribution < -0.4 is 0 Å². The van der Waals surface area contributed by atoms with Gasteiger partial charge in [-0.2, -0.15) is 0 Å². The van der Waals surface area contributed by atoms with Crippen LogP contribution >= 0.6 is 22.9 Å². The molecule has 1 aliphatic rings. The quantitative estimate of drug-likeness (QED) is 0.309. The lowest BCUT2D eigenvalue weighted by atomic mass is 9.90. The van der Waals surface area contributed by atoms with Gasteiger partial charge in [-0.25, -0.2) is 0 Å². The molecule has 2 aromatic carbocycles. The molecule has 35 heavy (non-hydrogen) atoms. The standard InChI is InChI=1S/C25H23ClN2O6S/c26-16-7-6-14(24-23(32)22(31)21(30)19(12-29)34-24)10-15(16)11-20-27-28-25(35-20)18-9-8-17(33-18)13-4-2-1-3-5-13/h1-10,19,21-24,29-32H,11-12H2/t19-,21-,22+,23-,24+/m1/s1. The Balaban J connectivity index is 1.35. The normalized spacial score (nSPS) is 24.5. The Morgan fingerprint density at radius 1 is 0.886 bits per heavy atom. The second-order valence-electron chi connectivity index (χ2n) is 8.31. The summed E-state index contributed by atoms with van der Waals surface area (Å²) in [6, 6.07) is 18.7. The number of furan rings is 1. The highest BCUT2D eigenvalue weighted by Gasteiger charge is 2.44. The molecule has 4 aromatic rings. The van der Waals surface area contributed by atoms with E-state index in [-0.39, 0.29) is 0 Å². The Labute approximate surface area is 210 Å². The van der Waals surface area contributed by atoms with Crippen LogP contribution in [0.5, 0.6) is 0 Å². The maximum atomic E-state index is 10.5. The van der Waals surface area contributed by atoms with Crippen LogP contribution in [0, 0.1) is 0 Å². The zero-order valence-electron chi connectivity index (χ0n) is 18.4. The summed E-state index contributed by atoms with van der Waals surface area (Å²) < 4.78 is 11.6. The van der Waals surface area contributed by atoms with E-state index in [9.17, 15) is 20.4 Å². The molecule has 0 aliphatic carbocycles. The molecule has 0 spiro atoms. The minimum absolute atomic E-state index is 0.383. The molecule has 10 heteroatoms. The second-order valence-corrected chi connectivity index (χ2v) is 9.78. The van der Waals surface area contributed by atoms with Crippen LogP contribution in [0.15, 0.2) is 65.1 Å². The van der Waals surface area contributed by atoms with Gasteiger partial charge in [0.05, 0.1) is 6.61 Å². The monoisotopic (exact) mass is 514 g/mol. The molecule has 5 rings (SSSR count). The Morgan fingerprint density at radius 2 is 1.66 bits per heavy atom. The van der Waals surface area contributed by atoms with E-state index in [1.54, 1.807) is 18.2 Å². The lowest BCUT2D eigenvalue weighted by Gasteiger charge is -2.40. The highest BCUT2D eigenvalue weighted by Crippen LogP contribution is 2.35. The number of aliphatic hydroxyl groups is 4. The molecule has 8 nitrogen and oxygen atoms in total. The summed E-state index contributed by atoms with van der Waals surface area (Å²) in [4.78, 5) is 0. The summed E-state index contributed by atoms with van der Waals surface area (Å²) in [5.74, 6) is 1.36. The van der Waals surface area contributed by atoms with Crippen LogP contribution in [0.1, 0.15) is 22.2 Å². The number of nitrogens with zero attached hydrogens (tertiary/aromatic N) is 2. The number of hydrogen-bond acceptors (Lipinski definition) is 9. The summed E-state index contributed by atoms with van der Waals surface area (Å²) >= 11 is 7.81. The van der Waals surface area contributed by atoms with Gasteiger partial charge in [0.1, 0.15) is 41.3 Å². The topological polar surface area (TPSA) is 129 Å². The van der Waals surface area contributed by atoms with Gasteiger partial charge in [0, 0.05) is 17.0 Å². The molecule has 0 unspecified atom stereocenters. The van der Waals surface area contributed by atoms with E-state index in [1.165, 1.54) is 11.3 Å². The van der Waals surface area contributed by atoms with Gasteiger partial charge in [0.25, 0.3) is 0 Å². The van der Waals surface area contributed by atoms with Crippen molar-refractivity contribution in [2.75, 3.05) is 6.61 Å². The van der Waals surface area contributed by atoms with Gasteiger partial charge in [-0.3, -0.25) is 0 Å². The van der Waals surface area contributed by atoms with E-state index in [2.05, 4.69) is 10.2 Å². The summed E-state index contributed by atoms with van der Waals surface area (Å²) in [6.07, 6.45) is -5.78. The number of benzene rings is 2. The average molecular weight is 515 g/mol. The number of halogens is 1. The van der Waals surface area contributed by atoms with E-state index >= 15 is 0 Å². The molecular formula is C25H23ClN2O6S. The molecule has 5 atom stereocenters. The molecular weight excluding hydrogens is 492 g/mol. The first kappa shape index (κ1) is 24.1. The number of hydrogen-bond donors (Lipinski definition) is 4. The van der Waals surface area contributed by atoms with Gasteiger partial charge in [-0.15, -0.1) is 10.2 Å². The lowest BCUT2D eigenvalue weighted by molar-refractivity contribution is -0.231. The predicted octanol–water partition coefficient (Wildman–Crippen LogP) is 3.22. The highest BCUT2D eigenvalue weighted by molar-refractivity contribution is 7.14. The second kappa shape index (κ2) is 10.2. The van der Waals surface area contributed by atoms with Crippen molar-refractivity contribution < 1.29 is 29.6 Å². The van der Waals surface area contributed by atoms with Crippen LogP contribution in [0.25, 0.3) is 22.1 Å². The third-order valence-electron chi connectivity index (χ3n) is 5.97. The molecule has 0 bridgehead atoms. The van der Waals surface area contributed by atoms with Gasteiger partial charge in [-0.1, -0.05) is 65.4 Å².